The number of nitrogens with zero attached hydrogens (tertiary/aromatic N) is 2. The number of amides is 1. The zero-order chi connectivity index (χ0) is 18.5. The summed E-state index contributed by atoms with van der Waals surface area (Å²) >= 11 is 1.27. The highest BCUT2D eigenvalue weighted by molar-refractivity contribution is 7.13. The first-order valence-corrected chi connectivity index (χ1v) is 8.60. The number of nitro groups is 1. The molecule has 26 heavy (non-hydrogen) atoms. The van der Waals surface area contributed by atoms with Gasteiger partial charge in [0.1, 0.15) is 12.4 Å². The third-order valence-electron chi connectivity index (χ3n) is 3.65. The Labute approximate surface area is 153 Å². The van der Waals surface area contributed by atoms with Crippen LogP contribution in [0, 0.1) is 17.0 Å². The summed E-state index contributed by atoms with van der Waals surface area (Å²) in [7, 11) is 0. The molecule has 0 saturated carbocycles. The van der Waals surface area contributed by atoms with Gasteiger partial charge in [0.05, 0.1) is 10.6 Å². The maximum atomic E-state index is 12.4. The lowest BCUT2D eigenvalue weighted by atomic mass is 10.1. The van der Waals surface area contributed by atoms with Gasteiger partial charge >= 0.3 is 0 Å². The molecule has 0 radical (unpaired) electrons. The molecule has 1 N–H and O–H groups in total. The summed E-state index contributed by atoms with van der Waals surface area (Å²) in [5.74, 6) is 0.300. The van der Waals surface area contributed by atoms with Gasteiger partial charge in [0.2, 0.25) is 0 Å². The summed E-state index contributed by atoms with van der Waals surface area (Å²) in [5.41, 5.74) is 1.16. The highest BCUT2D eigenvalue weighted by Crippen LogP contribution is 2.23. The third-order valence-corrected chi connectivity index (χ3v) is 4.46. The molecule has 0 bridgehead atoms. The number of hydrogen-bond acceptors (Lipinski definition) is 6. The van der Waals surface area contributed by atoms with Crippen molar-refractivity contribution in [3.8, 4) is 5.75 Å². The molecule has 0 fully saturated rings. The Balaban J connectivity index is 1.66. The molecule has 1 amide bonds. The molecule has 0 aliphatic carbocycles. The van der Waals surface area contributed by atoms with Crippen LogP contribution >= 0.6 is 11.3 Å². The molecule has 3 rings (SSSR count). The molecule has 2 aromatic carbocycles. The van der Waals surface area contributed by atoms with E-state index in [1.165, 1.54) is 23.5 Å². The number of aromatic nitrogens is 1. The summed E-state index contributed by atoms with van der Waals surface area (Å²) < 4.78 is 5.61. The molecule has 0 aliphatic rings. The van der Waals surface area contributed by atoms with Crippen LogP contribution in [0.1, 0.15) is 21.6 Å². The summed E-state index contributed by atoms with van der Waals surface area (Å²) in [6, 6.07) is 13.8. The second-order valence-corrected chi connectivity index (χ2v) is 6.26. The minimum atomic E-state index is -0.505. The molecule has 1 heterocycles. The van der Waals surface area contributed by atoms with E-state index < -0.39 is 10.8 Å². The van der Waals surface area contributed by atoms with Crippen LogP contribution in [-0.2, 0) is 6.61 Å². The van der Waals surface area contributed by atoms with Gasteiger partial charge in [-0.1, -0.05) is 24.3 Å². The van der Waals surface area contributed by atoms with Crippen LogP contribution in [0.3, 0.4) is 0 Å². The van der Waals surface area contributed by atoms with Gasteiger partial charge in [0, 0.05) is 22.6 Å². The van der Waals surface area contributed by atoms with Crippen molar-refractivity contribution in [2.24, 2.45) is 0 Å². The maximum Gasteiger partial charge on any atom is 0.273 e. The van der Waals surface area contributed by atoms with Crippen molar-refractivity contribution in [1.29, 1.82) is 0 Å². The van der Waals surface area contributed by atoms with Crippen LogP contribution in [0.5, 0.6) is 5.75 Å². The standard InChI is InChI=1S/C18H15N3O4S/c1-12-15(8-5-9-16(12)21(23)24)17(22)20-18-19-13(11-26-18)10-25-14-6-3-2-4-7-14/h2-9,11H,10H2,1H3,(H,19,20,22). The van der Waals surface area contributed by atoms with E-state index in [0.717, 1.165) is 5.75 Å². The van der Waals surface area contributed by atoms with Gasteiger partial charge in [0.25, 0.3) is 11.6 Å². The minimum Gasteiger partial charge on any atom is -0.487 e. The third kappa shape index (κ3) is 4.04. The number of thiazole rings is 1. The molecule has 3 aromatic rings. The number of nitro benzene ring substituents is 1. The predicted octanol–water partition coefficient (Wildman–Crippen LogP) is 4.19. The zero-order valence-electron chi connectivity index (χ0n) is 13.8. The first kappa shape index (κ1) is 17.6. The minimum absolute atomic E-state index is 0.0891. The molecule has 0 spiro atoms. The van der Waals surface area contributed by atoms with Gasteiger partial charge in [-0.2, -0.15) is 0 Å². The summed E-state index contributed by atoms with van der Waals surface area (Å²) in [4.78, 5) is 27.2. The van der Waals surface area contributed by atoms with E-state index >= 15 is 0 Å². The Morgan fingerprint density at radius 1 is 1.23 bits per heavy atom. The smallest absolute Gasteiger partial charge is 0.273 e. The van der Waals surface area contributed by atoms with Crippen LogP contribution in [0.15, 0.2) is 53.9 Å². The molecule has 0 aliphatic heterocycles. The summed E-state index contributed by atoms with van der Waals surface area (Å²) in [6.45, 7) is 1.83. The monoisotopic (exact) mass is 369 g/mol. The van der Waals surface area contributed by atoms with Crippen LogP contribution in [0.25, 0.3) is 0 Å². The van der Waals surface area contributed by atoms with Crippen molar-refractivity contribution >= 4 is 28.1 Å². The SMILES string of the molecule is Cc1c(C(=O)Nc2nc(COc3ccccc3)cs2)cccc1[N+](=O)[O-]. The van der Waals surface area contributed by atoms with Crippen molar-refractivity contribution in [1.82, 2.24) is 4.98 Å². The second-order valence-electron chi connectivity index (χ2n) is 5.41. The van der Waals surface area contributed by atoms with Crippen LogP contribution in [0.4, 0.5) is 10.8 Å². The van der Waals surface area contributed by atoms with Gasteiger partial charge in [-0.15, -0.1) is 11.3 Å². The molecular weight excluding hydrogens is 354 g/mol. The molecule has 0 atom stereocenters. The van der Waals surface area contributed by atoms with E-state index in [0.29, 0.717) is 16.4 Å². The molecule has 8 heteroatoms. The Kier molecular flexibility index (Phi) is 5.23. The van der Waals surface area contributed by atoms with E-state index in [4.69, 9.17) is 4.74 Å². The first-order chi connectivity index (χ1) is 12.5. The Bertz CT molecular complexity index is 941. The number of anilines is 1. The fraction of sp³-hybridized carbons (Fsp3) is 0.111. The Hall–Kier alpha value is -3.26. The van der Waals surface area contributed by atoms with Crippen molar-refractivity contribution in [2.45, 2.75) is 13.5 Å². The molecule has 0 unspecified atom stereocenters. The Morgan fingerprint density at radius 3 is 2.73 bits per heavy atom. The number of ether oxygens (including phenoxy) is 1. The number of para-hydroxylation sites is 1. The van der Waals surface area contributed by atoms with Crippen molar-refractivity contribution in [3.05, 3.63) is 80.8 Å². The van der Waals surface area contributed by atoms with E-state index in [1.807, 2.05) is 30.3 Å². The number of rotatable bonds is 6. The van der Waals surface area contributed by atoms with Gasteiger partial charge < -0.3 is 4.74 Å². The van der Waals surface area contributed by atoms with Gasteiger partial charge in [-0.3, -0.25) is 20.2 Å². The zero-order valence-corrected chi connectivity index (χ0v) is 14.7. The molecule has 132 valence electrons. The summed E-state index contributed by atoms with van der Waals surface area (Å²) in [6.07, 6.45) is 0. The number of carbonyl (C=O) groups is 1. The lowest BCUT2D eigenvalue weighted by Crippen LogP contribution is -2.14. The largest absolute Gasteiger partial charge is 0.487 e. The predicted molar refractivity (Wildman–Crippen MR) is 98.7 cm³/mol. The number of hydrogen-bond donors (Lipinski definition) is 1. The highest BCUT2D eigenvalue weighted by Gasteiger charge is 2.18. The first-order valence-electron chi connectivity index (χ1n) is 7.72. The fourth-order valence-electron chi connectivity index (χ4n) is 2.34. The van der Waals surface area contributed by atoms with Gasteiger partial charge in [0.15, 0.2) is 5.13 Å². The van der Waals surface area contributed by atoms with Crippen molar-refractivity contribution in [3.63, 3.8) is 0 Å². The van der Waals surface area contributed by atoms with Crippen molar-refractivity contribution < 1.29 is 14.5 Å². The molecule has 7 nitrogen and oxygen atoms in total. The van der Waals surface area contributed by atoms with Crippen LogP contribution < -0.4 is 10.1 Å². The quantitative estimate of drug-likeness (QED) is 0.519. The average Bonchev–Trinajstić information content (AvgIpc) is 3.08. The number of nitrogens with one attached hydrogen (secondary N) is 1. The van der Waals surface area contributed by atoms with Gasteiger partial charge in [-0.25, -0.2) is 4.98 Å². The van der Waals surface area contributed by atoms with Crippen molar-refractivity contribution in [2.75, 3.05) is 5.32 Å². The van der Waals surface area contributed by atoms with E-state index in [-0.39, 0.29) is 17.9 Å². The van der Waals surface area contributed by atoms with E-state index in [9.17, 15) is 14.9 Å². The van der Waals surface area contributed by atoms with Crippen LogP contribution in [0.2, 0.25) is 0 Å². The average molecular weight is 369 g/mol. The van der Waals surface area contributed by atoms with E-state index in [2.05, 4.69) is 10.3 Å². The molecule has 1 aromatic heterocycles. The number of benzene rings is 2. The lowest BCUT2D eigenvalue weighted by Gasteiger charge is -2.06. The summed E-state index contributed by atoms with van der Waals surface area (Å²) in [5, 5.41) is 15.9. The van der Waals surface area contributed by atoms with Gasteiger partial charge in [-0.05, 0) is 25.1 Å². The number of carbonyl (C=O) groups excluding carboxylic acids is 1. The maximum absolute atomic E-state index is 12.4. The Morgan fingerprint density at radius 2 is 2.00 bits per heavy atom. The fourth-order valence-corrected chi connectivity index (χ4v) is 3.03. The van der Waals surface area contributed by atoms with E-state index in [1.54, 1.807) is 18.4 Å². The molecular formula is C18H15N3O4S. The highest BCUT2D eigenvalue weighted by atomic mass is 32.1. The lowest BCUT2D eigenvalue weighted by molar-refractivity contribution is -0.385. The normalized spacial score (nSPS) is 10.3. The molecule has 0 saturated heterocycles. The van der Waals surface area contributed by atoms with Crippen LogP contribution in [-0.4, -0.2) is 15.8 Å². The second kappa shape index (κ2) is 7.75. The topological polar surface area (TPSA) is 94.4 Å².